The van der Waals surface area contributed by atoms with Crippen LogP contribution in [0.4, 0.5) is 0 Å². The summed E-state index contributed by atoms with van der Waals surface area (Å²) in [5.41, 5.74) is 0. The van der Waals surface area contributed by atoms with Gasteiger partial charge in [0.15, 0.2) is 0 Å². The Hall–Kier alpha value is -2.18. The predicted molar refractivity (Wildman–Crippen MR) is 121 cm³/mol. The van der Waals surface area contributed by atoms with E-state index in [-0.39, 0.29) is 20.4 Å². The van der Waals surface area contributed by atoms with Crippen molar-refractivity contribution in [3.63, 3.8) is 0 Å². The van der Waals surface area contributed by atoms with Crippen LogP contribution in [0.15, 0.2) is 72.8 Å². The van der Waals surface area contributed by atoms with Gasteiger partial charge in [-0.15, -0.1) is 0 Å². The van der Waals surface area contributed by atoms with Gasteiger partial charge >= 0.3 is 192 Å². The summed E-state index contributed by atoms with van der Waals surface area (Å²) in [5, 5.41) is 0. The predicted octanol–water partition coefficient (Wildman–Crippen LogP) is 2.15. The average molecular weight is 620 g/mol. The third-order valence-electron chi connectivity index (χ3n) is 4.32. The van der Waals surface area contributed by atoms with Gasteiger partial charge in [0.25, 0.3) is 0 Å². The summed E-state index contributed by atoms with van der Waals surface area (Å²) >= 11 is -2.53. The minimum absolute atomic E-state index is 0.234. The van der Waals surface area contributed by atoms with Crippen LogP contribution in [0.3, 0.4) is 0 Å². The van der Waals surface area contributed by atoms with Crippen LogP contribution in [0.1, 0.15) is 0 Å². The van der Waals surface area contributed by atoms with Gasteiger partial charge in [0, 0.05) is 0 Å². The molecule has 0 aliphatic rings. The quantitative estimate of drug-likeness (QED) is 0.229. The molecule has 3 rings (SSSR count). The van der Waals surface area contributed by atoms with Crippen LogP contribution in [-0.4, -0.2) is 63.5 Å². The molecule has 0 atom stereocenters. The van der Waals surface area contributed by atoms with Gasteiger partial charge in [-0.25, -0.2) is 0 Å². The van der Waals surface area contributed by atoms with Crippen molar-refractivity contribution < 1.29 is 28.4 Å². The first-order chi connectivity index (χ1) is 15.2. The molecular formula is C24H27BiO6. The fraction of sp³-hybridized carbons (Fsp3) is 0.250. The first-order valence-corrected chi connectivity index (χ1v) is 14.9. The maximum atomic E-state index is 5.55. The Morgan fingerprint density at radius 3 is 0.935 bits per heavy atom. The van der Waals surface area contributed by atoms with Crippen molar-refractivity contribution in [2.75, 3.05) is 41.7 Å². The van der Waals surface area contributed by atoms with E-state index in [0.717, 1.165) is 17.2 Å². The zero-order chi connectivity index (χ0) is 21.9. The van der Waals surface area contributed by atoms with E-state index < -0.39 is 21.8 Å². The van der Waals surface area contributed by atoms with Crippen molar-refractivity contribution in [1.82, 2.24) is 0 Å². The maximum absolute atomic E-state index is 5.55. The second-order valence-electron chi connectivity index (χ2n) is 6.47. The van der Waals surface area contributed by atoms with Gasteiger partial charge < -0.3 is 0 Å². The summed E-state index contributed by atoms with van der Waals surface area (Å²) in [6.45, 7) is 0.701. The van der Waals surface area contributed by atoms with Crippen LogP contribution in [0.2, 0.25) is 0 Å². The molecule has 0 aliphatic carbocycles. The molecule has 0 radical (unpaired) electrons. The summed E-state index contributed by atoms with van der Waals surface area (Å²) in [4.78, 5) is 0. The average Bonchev–Trinajstić information content (AvgIpc) is 2.82. The van der Waals surface area contributed by atoms with E-state index in [0.29, 0.717) is 0 Å². The van der Waals surface area contributed by atoms with E-state index in [9.17, 15) is 0 Å². The number of methoxy groups -OCH3 is 3. The Morgan fingerprint density at radius 1 is 0.452 bits per heavy atom. The van der Waals surface area contributed by atoms with Gasteiger partial charge in [0.05, 0.1) is 0 Å². The summed E-state index contributed by atoms with van der Waals surface area (Å²) in [6, 6.07) is 25.0. The van der Waals surface area contributed by atoms with Crippen LogP contribution < -0.4 is 24.0 Å². The molecule has 3 aromatic rings. The molecule has 0 N–H and O–H groups in total. The van der Waals surface area contributed by atoms with Gasteiger partial charge in [-0.1, -0.05) is 0 Å². The second-order valence-corrected chi connectivity index (χ2v) is 15.1. The third kappa shape index (κ3) is 6.91. The molecular weight excluding hydrogens is 593 g/mol. The summed E-state index contributed by atoms with van der Waals surface area (Å²) < 4.78 is 35.7. The molecule has 0 aromatic heterocycles. The number of benzene rings is 3. The number of hydrogen-bond acceptors (Lipinski definition) is 6. The normalized spacial score (nSPS) is 10.8. The van der Waals surface area contributed by atoms with Crippen LogP contribution in [0, 0.1) is 0 Å². The van der Waals surface area contributed by atoms with E-state index in [4.69, 9.17) is 28.4 Å². The zero-order valence-corrected chi connectivity index (χ0v) is 21.4. The summed E-state index contributed by atoms with van der Waals surface area (Å²) in [6.07, 6.45) is 0. The van der Waals surface area contributed by atoms with Crippen molar-refractivity contribution >= 4 is 31.6 Å². The molecule has 7 heteroatoms. The van der Waals surface area contributed by atoms with Crippen molar-refractivity contribution in [3.05, 3.63) is 72.8 Å². The Balaban J connectivity index is 1.90. The van der Waals surface area contributed by atoms with Gasteiger partial charge in [0.1, 0.15) is 0 Å². The topological polar surface area (TPSA) is 55.4 Å². The fourth-order valence-electron chi connectivity index (χ4n) is 2.90. The van der Waals surface area contributed by atoms with E-state index in [1.165, 1.54) is 9.81 Å². The van der Waals surface area contributed by atoms with Gasteiger partial charge in [0.2, 0.25) is 0 Å². The number of rotatable bonds is 12. The Morgan fingerprint density at radius 2 is 0.710 bits per heavy atom. The molecule has 0 spiro atoms. The summed E-state index contributed by atoms with van der Waals surface area (Å²) in [7, 11) is 4.84. The molecule has 0 bridgehead atoms. The molecule has 0 saturated heterocycles. The molecule has 0 saturated carbocycles. The van der Waals surface area contributed by atoms with E-state index in [1.807, 2.05) is 36.4 Å². The minimum atomic E-state index is -2.53. The summed E-state index contributed by atoms with van der Waals surface area (Å²) in [5.74, 6) is 2.38. The van der Waals surface area contributed by atoms with Crippen molar-refractivity contribution in [2.24, 2.45) is 0 Å². The molecule has 0 amide bonds. The Bertz CT molecular complexity index is 774. The molecule has 31 heavy (non-hydrogen) atoms. The molecule has 0 aliphatic heterocycles. The number of ether oxygens (including phenoxy) is 6. The first-order valence-electron chi connectivity index (χ1n) is 9.70. The molecule has 0 heterocycles. The van der Waals surface area contributed by atoms with Crippen molar-refractivity contribution in [3.8, 4) is 17.2 Å². The van der Waals surface area contributed by atoms with Crippen LogP contribution in [0.25, 0.3) is 0 Å². The molecule has 6 nitrogen and oxygen atoms in total. The van der Waals surface area contributed by atoms with E-state index in [1.54, 1.807) is 21.3 Å². The second kappa shape index (κ2) is 12.6. The van der Waals surface area contributed by atoms with Crippen LogP contribution in [0.5, 0.6) is 17.2 Å². The fourth-order valence-corrected chi connectivity index (χ4v) is 11.6. The van der Waals surface area contributed by atoms with Gasteiger partial charge in [-0.2, -0.15) is 0 Å². The van der Waals surface area contributed by atoms with Gasteiger partial charge in [-0.05, 0) is 0 Å². The molecule has 3 aromatic carbocycles. The van der Waals surface area contributed by atoms with E-state index >= 15 is 0 Å². The standard InChI is InChI=1S/3C8H9O2.Bi/c3*1-9-7-10-8-5-3-2-4-6-8;/h3*3-6H,7H2,1H3;. The zero-order valence-electron chi connectivity index (χ0n) is 17.9. The molecule has 164 valence electrons. The van der Waals surface area contributed by atoms with Gasteiger partial charge in [-0.3, -0.25) is 0 Å². The Kier molecular flexibility index (Phi) is 9.56. The molecule has 0 fully saturated rings. The van der Waals surface area contributed by atoms with Crippen molar-refractivity contribution in [1.29, 1.82) is 0 Å². The Labute approximate surface area is 191 Å². The van der Waals surface area contributed by atoms with Crippen LogP contribution in [-0.2, 0) is 14.2 Å². The van der Waals surface area contributed by atoms with Crippen molar-refractivity contribution in [2.45, 2.75) is 0 Å². The molecule has 0 unspecified atom stereocenters. The third-order valence-corrected chi connectivity index (χ3v) is 13.8. The van der Waals surface area contributed by atoms with Crippen LogP contribution >= 0.6 is 0 Å². The van der Waals surface area contributed by atoms with E-state index in [2.05, 4.69) is 36.4 Å². The number of hydrogen-bond donors (Lipinski definition) is 0. The monoisotopic (exact) mass is 620 g/mol. The first kappa shape index (κ1) is 23.5. The SMILES string of the molecule is COCOc1cc[c]([Bi]([c]2ccc(OCOC)cc2)[c]2ccc(OCOC)cc2)cc1.